The highest BCUT2D eigenvalue weighted by atomic mass is 32.1. The molecule has 0 radical (unpaired) electrons. The molecule has 1 aromatic carbocycles. The molecular weight excluding hydrogens is 371 g/mol. The standard InChI is InChI=1S/C19H19FN2O4S/c20-13-5-3-4-12(10-13)19(7-1-2-8-19)18(25)26-11-15(23)22-17-14(16(21)24)6-9-27-17/h3-6,9-10H,1-2,7-8,11H2,(H2,21,24)(H,22,23). The summed E-state index contributed by atoms with van der Waals surface area (Å²) in [4.78, 5) is 36.2. The Bertz CT molecular complexity index is 874. The highest BCUT2D eigenvalue weighted by Crippen LogP contribution is 2.42. The maximum absolute atomic E-state index is 13.6. The van der Waals surface area contributed by atoms with E-state index in [1.165, 1.54) is 18.2 Å². The van der Waals surface area contributed by atoms with Gasteiger partial charge in [0.1, 0.15) is 10.8 Å². The molecule has 0 unspecified atom stereocenters. The molecule has 2 aromatic rings. The summed E-state index contributed by atoms with van der Waals surface area (Å²) in [5.74, 6) is -2.18. The van der Waals surface area contributed by atoms with Crippen molar-refractivity contribution >= 4 is 34.1 Å². The number of carbonyl (C=O) groups excluding carboxylic acids is 3. The lowest BCUT2D eigenvalue weighted by Crippen LogP contribution is -2.36. The number of hydrogen-bond acceptors (Lipinski definition) is 5. The van der Waals surface area contributed by atoms with Crippen molar-refractivity contribution in [1.29, 1.82) is 0 Å². The summed E-state index contributed by atoms with van der Waals surface area (Å²) in [7, 11) is 0. The average molecular weight is 390 g/mol. The van der Waals surface area contributed by atoms with Gasteiger partial charge in [0.15, 0.2) is 6.61 Å². The Morgan fingerprint density at radius 2 is 1.96 bits per heavy atom. The number of nitrogens with one attached hydrogen (secondary N) is 1. The third-order valence-electron chi connectivity index (χ3n) is 4.74. The average Bonchev–Trinajstić information content (AvgIpc) is 3.30. The smallest absolute Gasteiger partial charge is 0.317 e. The topological polar surface area (TPSA) is 98.5 Å². The predicted molar refractivity (Wildman–Crippen MR) is 99.0 cm³/mol. The van der Waals surface area contributed by atoms with Gasteiger partial charge in [-0.25, -0.2) is 4.39 Å². The maximum Gasteiger partial charge on any atom is 0.317 e. The predicted octanol–water partition coefficient (Wildman–Crippen LogP) is 2.98. The first-order chi connectivity index (χ1) is 12.9. The number of rotatable bonds is 6. The Kier molecular flexibility index (Phi) is 5.55. The van der Waals surface area contributed by atoms with E-state index in [2.05, 4.69) is 5.32 Å². The van der Waals surface area contributed by atoms with Crippen LogP contribution in [0.5, 0.6) is 0 Å². The Hall–Kier alpha value is -2.74. The number of anilines is 1. The number of benzene rings is 1. The fourth-order valence-electron chi connectivity index (χ4n) is 3.41. The van der Waals surface area contributed by atoms with E-state index in [9.17, 15) is 18.8 Å². The summed E-state index contributed by atoms with van der Waals surface area (Å²) < 4.78 is 18.9. The van der Waals surface area contributed by atoms with Crippen LogP contribution in [-0.4, -0.2) is 24.4 Å². The summed E-state index contributed by atoms with van der Waals surface area (Å²) in [5.41, 5.74) is 5.08. The highest BCUT2D eigenvalue weighted by molar-refractivity contribution is 7.14. The van der Waals surface area contributed by atoms with Crippen LogP contribution in [0.2, 0.25) is 0 Å². The quantitative estimate of drug-likeness (QED) is 0.741. The molecule has 142 valence electrons. The van der Waals surface area contributed by atoms with Crippen LogP contribution >= 0.6 is 11.3 Å². The van der Waals surface area contributed by atoms with Gasteiger partial charge < -0.3 is 15.8 Å². The second-order valence-electron chi connectivity index (χ2n) is 6.45. The first-order valence-corrected chi connectivity index (χ1v) is 9.41. The van der Waals surface area contributed by atoms with Crippen molar-refractivity contribution in [3.05, 3.63) is 52.7 Å². The van der Waals surface area contributed by atoms with E-state index in [1.54, 1.807) is 17.5 Å². The first-order valence-electron chi connectivity index (χ1n) is 8.53. The van der Waals surface area contributed by atoms with E-state index in [0.29, 0.717) is 23.4 Å². The van der Waals surface area contributed by atoms with Crippen molar-refractivity contribution in [2.45, 2.75) is 31.1 Å². The highest BCUT2D eigenvalue weighted by Gasteiger charge is 2.44. The van der Waals surface area contributed by atoms with Gasteiger partial charge in [-0.1, -0.05) is 25.0 Å². The molecule has 27 heavy (non-hydrogen) atoms. The van der Waals surface area contributed by atoms with Crippen LogP contribution in [0.15, 0.2) is 35.7 Å². The number of thiophene rings is 1. The van der Waals surface area contributed by atoms with Gasteiger partial charge in [-0.3, -0.25) is 14.4 Å². The van der Waals surface area contributed by atoms with Gasteiger partial charge in [-0.15, -0.1) is 11.3 Å². The molecule has 0 atom stereocenters. The van der Waals surface area contributed by atoms with Crippen LogP contribution in [0.4, 0.5) is 9.39 Å². The number of halogens is 1. The fraction of sp³-hybridized carbons (Fsp3) is 0.316. The van der Waals surface area contributed by atoms with Crippen molar-refractivity contribution in [2.75, 3.05) is 11.9 Å². The molecule has 1 aliphatic rings. The van der Waals surface area contributed by atoms with Crippen LogP contribution in [0.3, 0.4) is 0 Å². The molecule has 0 aliphatic heterocycles. The summed E-state index contributed by atoms with van der Waals surface area (Å²) in [6, 6.07) is 7.44. The lowest BCUT2D eigenvalue weighted by molar-refractivity contribution is -0.153. The molecule has 1 aliphatic carbocycles. The van der Waals surface area contributed by atoms with E-state index in [-0.39, 0.29) is 5.56 Å². The van der Waals surface area contributed by atoms with Crippen molar-refractivity contribution < 1.29 is 23.5 Å². The van der Waals surface area contributed by atoms with Crippen molar-refractivity contribution in [3.8, 4) is 0 Å². The molecule has 8 heteroatoms. The normalized spacial score (nSPS) is 15.3. The van der Waals surface area contributed by atoms with Gasteiger partial charge in [0.2, 0.25) is 0 Å². The molecule has 1 fully saturated rings. The lowest BCUT2D eigenvalue weighted by atomic mass is 9.79. The van der Waals surface area contributed by atoms with E-state index < -0.39 is 35.6 Å². The van der Waals surface area contributed by atoms with Crippen molar-refractivity contribution in [3.63, 3.8) is 0 Å². The molecule has 0 bridgehead atoms. The molecular formula is C19H19FN2O4S. The molecule has 0 saturated heterocycles. The second kappa shape index (κ2) is 7.87. The molecule has 6 nitrogen and oxygen atoms in total. The third-order valence-corrected chi connectivity index (χ3v) is 5.57. The summed E-state index contributed by atoms with van der Waals surface area (Å²) >= 11 is 1.15. The largest absolute Gasteiger partial charge is 0.455 e. The second-order valence-corrected chi connectivity index (χ2v) is 7.37. The minimum absolute atomic E-state index is 0.201. The number of primary amides is 1. The fourth-order valence-corrected chi connectivity index (χ4v) is 4.22. The molecule has 1 aromatic heterocycles. The van der Waals surface area contributed by atoms with Crippen molar-refractivity contribution in [2.24, 2.45) is 5.73 Å². The third kappa shape index (κ3) is 4.00. The molecule has 0 spiro atoms. The summed E-state index contributed by atoms with van der Waals surface area (Å²) in [6.45, 7) is -0.494. The Labute approximate surface area is 159 Å². The van der Waals surface area contributed by atoms with Gasteiger partial charge >= 0.3 is 5.97 Å². The van der Waals surface area contributed by atoms with E-state index in [0.717, 1.165) is 24.2 Å². The van der Waals surface area contributed by atoms with Gasteiger partial charge in [0.25, 0.3) is 11.8 Å². The molecule has 1 saturated carbocycles. The Balaban J connectivity index is 1.67. The first kappa shape index (κ1) is 19.0. The van der Waals surface area contributed by atoms with Crippen LogP contribution < -0.4 is 11.1 Å². The number of ether oxygens (including phenoxy) is 1. The number of hydrogen-bond donors (Lipinski definition) is 2. The van der Waals surface area contributed by atoms with Crippen LogP contribution in [0.1, 0.15) is 41.6 Å². The SMILES string of the molecule is NC(=O)c1ccsc1NC(=O)COC(=O)C1(c2cccc(F)c2)CCCC1. The Morgan fingerprint density at radius 1 is 1.22 bits per heavy atom. The van der Waals surface area contributed by atoms with Crippen LogP contribution in [0, 0.1) is 5.82 Å². The van der Waals surface area contributed by atoms with Gasteiger partial charge in [-0.05, 0) is 42.0 Å². The zero-order valence-electron chi connectivity index (χ0n) is 14.5. The zero-order chi connectivity index (χ0) is 19.4. The summed E-state index contributed by atoms with van der Waals surface area (Å²) in [6.07, 6.45) is 2.76. The van der Waals surface area contributed by atoms with Crippen LogP contribution in [0.25, 0.3) is 0 Å². The zero-order valence-corrected chi connectivity index (χ0v) is 15.3. The molecule has 3 N–H and O–H groups in total. The minimum atomic E-state index is -0.927. The van der Waals surface area contributed by atoms with E-state index in [4.69, 9.17) is 10.5 Å². The van der Waals surface area contributed by atoms with E-state index in [1.807, 2.05) is 0 Å². The van der Waals surface area contributed by atoms with Crippen molar-refractivity contribution in [1.82, 2.24) is 0 Å². The molecule has 3 rings (SSSR count). The number of amides is 2. The van der Waals surface area contributed by atoms with Crippen LogP contribution in [-0.2, 0) is 19.7 Å². The monoisotopic (exact) mass is 390 g/mol. The van der Waals surface area contributed by atoms with Gasteiger partial charge in [-0.2, -0.15) is 0 Å². The Morgan fingerprint density at radius 3 is 2.63 bits per heavy atom. The minimum Gasteiger partial charge on any atom is -0.455 e. The molecule has 1 heterocycles. The molecule has 2 amide bonds. The van der Waals surface area contributed by atoms with Gasteiger partial charge in [0, 0.05) is 0 Å². The maximum atomic E-state index is 13.6. The number of carbonyl (C=O) groups is 3. The number of esters is 1. The van der Waals surface area contributed by atoms with Gasteiger partial charge in [0.05, 0.1) is 11.0 Å². The van der Waals surface area contributed by atoms with E-state index >= 15 is 0 Å². The number of nitrogens with two attached hydrogens (primary N) is 1. The lowest BCUT2D eigenvalue weighted by Gasteiger charge is -2.27. The summed E-state index contributed by atoms with van der Waals surface area (Å²) in [5, 5.41) is 4.45.